The fraction of sp³-hybridized carbons (Fsp3) is 0.421. The van der Waals surface area contributed by atoms with Gasteiger partial charge in [0.1, 0.15) is 5.82 Å². The molecule has 2 N–H and O–H groups in total. The summed E-state index contributed by atoms with van der Waals surface area (Å²) in [5.74, 6) is 0.533. The van der Waals surface area contributed by atoms with E-state index < -0.39 is 0 Å². The number of nitrogens with zero attached hydrogens (tertiary/aromatic N) is 2. The summed E-state index contributed by atoms with van der Waals surface area (Å²) in [5, 5.41) is 8.60. The summed E-state index contributed by atoms with van der Waals surface area (Å²) in [7, 11) is 1.74. The minimum absolute atomic E-state index is 0.188. The van der Waals surface area contributed by atoms with Crippen LogP contribution in [0.25, 0.3) is 0 Å². The molecule has 2 aromatic rings. The first-order chi connectivity index (χ1) is 12.8. The highest BCUT2D eigenvalue weighted by atomic mass is 32.1. The number of morpholine rings is 1. The molecule has 0 radical (unpaired) electrons. The highest BCUT2D eigenvalue weighted by molar-refractivity contribution is 7.09. The number of anilines is 1. The Kier molecular flexibility index (Phi) is 6.85. The number of halogens is 1. The molecular formula is C19H25FN4OS. The maximum absolute atomic E-state index is 14.4. The minimum Gasteiger partial charge on any atom is -0.378 e. The molecule has 1 fully saturated rings. The fourth-order valence-electron chi connectivity index (χ4n) is 2.89. The maximum Gasteiger partial charge on any atom is 0.191 e. The first-order valence-corrected chi connectivity index (χ1v) is 9.72. The monoisotopic (exact) mass is 376 g/mol. The molecule has 0 aliphatic carbocycles. The third-order valence-electron chi connectivity index (χ3n) is 4.29. The average molecular weight is 377 g/mol. The van der Waals surface area contributed by atoms with Crippen molar-refractivity contribution in [3.05, 3.63) is 52.0 Å². The van der Waals surface area contributed by atoms with Crippen LogP contribution >= 0.6 is 11.3 Å². The van der Waals surface area contributed by atoms with E-state index in [0.717, 1.165) is 37.6 Å². The third-order valence-corrected chi connectivity index (χ3v) is 5.23. The van der Waals surface area contributed by atoms with Gasteiger partial charge in [-0.1, -0.05) is 12.1 Å². The van der Waals surface area contributed by atoms with E-state index in [1.807, 2.05) is 17.0 Å². The van der Waals surface area contributed by atoms with Crippen molar-refractivity contribution in [1.29, 1.82) is 0 Å². The number of hydrogen-bond donors (Lipinski definition) is 2. The van der Waals surface area contributed by atoms with Crippen LogP contribution in [0.5, 0.6) is 0 Å². The maximum atomic E-state index is 14.4. The number of guanidine groups is 1. The molecule has 1 aromatic heterocycles. The van der Waals surface area contributed by atoms with Gasteiger partial charge in [0, 0.05) is 38.1 Å². The summed E-state index contributed by atoms with van der Waals surface area (Å²) in [5.41, 5.74) is 1.54. The Balaban J connectivity index is 1.49. The van der Waals surface area contributed by atoms with E-state index in [4.69, 9.17) is 4.74 Å². The summed E-state index contributed by atoms with van der Waals surface area (Å²) in [6.45, 7) is 4.10. The predicted octanol–water partition coefficient (Wildman–Crippen LogP) is 2.63. The van der Waals surface area contributed by atoms with Crippen LogP contribution in [-0.4, -0.2) is 45.9 Å². The van der Waals surface area contributed by atoms with Crippen molar-refractivity contribution in [2.45, 2.75) is 13.0 Å². The van der Waals surface area contributed by atoms with Crippen molar-refractivity contribution in [2.75, 3.05) is 44.8 Å². The van der Waals surface area contributed by atoms with E-state index in [2.05, 4.69) is 33.1 Å². The zero-order chi connectivity index (χ0) is 18.2. The summed E-state index contributed by atoms with van der Waals surface area (Å²) >= 11 is 1.75. The first-order valence-electron chi connectivity index (χ1n) is 8.84. The van der Waals surface area contributed by atoms with Gasteiger partial charge in [-0.2, -0.15) is 0 Å². The van der Waals surface area contributed by atoms with E-state index in [-0.39, 0.29) is 5.82 Å². The van der Waals surface area contributed by atoms with Gasteiger partial charge in [-0.05, 0) is 35.6 Å². The van der Waals surface area contributed by atoms with Crippen molar-refractivity contribution < 1.29 is 9.13 Å². The molecule has 3 rings (SSSR count). The van der Waals surface area contributed by atoms with Crippen LogP contribution in [0.15, 0.2) is 40.7 Å². The normalized spacial score (nSPS) is 15.2. The second-order valence-corrected chi connectivity index (χ2v) is 7.10. The molecule has 2 heterocycles. The molecule has 1 aliphatic heterocycles. The molecule has 140 valence electrons. The van der Waals surface area contributed by atoms with Crippen molar-refractivity contribution in [3.8, 4) is 0 Å². The molecule has 1 aromatic carbocycles. The quantitative estimate of drug-likeness (QED) is 0.601. The van der Waals surface area contributed by atoms with Gasteiger partial charge in [0.2, 0.25) is 0 Å². The van der Waals surface area contributed by atoms with Crippen molar-refractivity contribution in [3.63, 3.8) is 0 Å². The van der Waals surface area contributed by atoms with E-state index in [1.54, 1.807) is 24.5 Å². The van der Waals surface area contributed by atoms with Crippen molar-refractivity contribution in [1.82, 2.24) is 10.6 Å². The van der Waals surface area contributed by atoms with E-state index in [9.17, 15) is 4.39 Å². The fourth-order valence-corrected chi connectivity index (χ4v) is 3.60. The SMILES string of the molecule is CN=C(NCCc1cccs1)NCc1ccc(N2CCOCC2)c(F)c1. The Morgan fingerprint density at radius 3 is 2.81 bits per heavy atom. The van der Waals surface area contributed by atoms with Crippen LogP contribution in [0.2, 0.25) is 0 Å². The molecule has 0 unspecified atom stereocenters. The number of ether oxygens (including phenoxy) is 1. The molecule has 0 atom stereocenters. The Hall–Kier alpha value is -2.12. The lowest BCUT2D eigenvalue weighted by Gasteiger charge is -2.29. The number of thiophene rings is 1. The highest BCUT2D eigenvalue weighted by Crippen LogP contribution is 2.21. The summed E-state index contributed by atoms with van der Waals surface area (Å²) in [6, 6.07) is 9.59. The zero-order valence-electron chi connectivity index (χ0n) is 15.0. The number of nitrogens with one attached hydrogen (secondary N) is 2. The zero-order valence-corrected chi connectivity index (χ0v) is 15.8. The van der Waals surface area contributed by atoms with Crippen molar-refractivity contribution in [2.24, 2.45) is 4.99 Å². The smallest absolute Gasteiger partial charge is 0.191 e. The van der Waals surface area contributed by atoms with Gasteiger partial charge in [0.25, 0.3) is 0 Å². The van der Waals surface area contributed by atoms with Gasteiger partial charge >= 0.3 is 0 Å². The van der Waals surface area contributed by atoms with Crippen LogP contribution < -0.4 is 15.5 Å². The number of benzene rings is 1. The van der Waals surface area contributed by atoms with Crippen LogP contribution in [0.4, 0.5) is 10.1 Å². The van der Waals surface area contributed by atoms with Crippen LogP contribution in [0, 0.1) is 5.82 Å². The van der Waals surface area contributed by atoms with Crippen molar-refractivity contribution >= 4 is 23.0 Å². The Labute approximate surface area is 157 Å². The average Bonchev–Trinajstić information content (AvgIpc) is 3.19. The molecule has 0 spiro atoms. The molecule has 1 saturated heterocycles. The van der Waals surface area contributed by atoms with E-state index in [0.29, 0.717) is 25.4 Å². The minimum atomic E-state index is -0.188. The van der Waals surface area contributed by atoms with Gasteiger partial charge in [-0.3, -0.25) is 4.99 Å². The second kappa shape index (κ2) is 9.54. The van der Waals surface area contributed by atoms with Gasteiger partial charge < -0.3 is 20.3 Å². The van der Waals surface area contributed by atoms with E-state index in [1.165, 1.54) is 4.88 Å². The topological polar surface area (TPSA) is 48.9 Å². The lowest BCUT2D eigenvalue weighted by Crippen LogP contribution is -2.38. The largest absolute Gasteiger partial charge is 0.378 e. The Morgan fingerprint density at radius 1 is 1.27 bits per heavy atom. The molecule has 0 saturated carbocycles. The lowest BCUT2D eigenvalue weighted by molar-refractivity contribution is 0.122. The molecule has 7 heteroatoms. The van der Waals surface area contributed by atoms with Gasteiger partial charge in [-0.25, -0.2) is 4.39 Å². The summed E-state index contributed by atoms with van der Waals surface area (Å²) in [6.07, 6.45) is 0.960. The number of aliphatic imine (C=N–C) groups is 1. The summed E-state index contributed by atoms with van der Waals surface area (Å²) in [4.78, 5) is 7.59. The van der Waals surface area contributed by atoms with Crippen LogP contribution in [0.1, 0.15) is 10.4 Å². The summed E-state index contributed by atoms with van der Waals surface area (Å²) < 4.78 is 19.8. The molecule has 1 aliphatic rings. The number of hydrogen-bond acceptors (Lipinski definition) is 4. The molecule has 26 heavy (non-hydrogen) atoms. The van der Waals surface area contributed by atoms with E-state index >= 15 is 0 Å². The highest BCUT2D eigenvalue weighted by Gasteiger charge is 2.15. The second-order valence-electron chi connectivity index (χ2n) is 6.07. The van der Waals surface area contributed by atoms with Gasteiger partial charge in [0.15, 0.2) is 5.96 Å². The Bertz CT molecular complexity index is 714. The van der Waals surface area contributed by atoms with Crippen LogP contribution in [0.3, 0.4) is 0 Å². The van der Waals surface area contributed by atoms with Crippen LogP contribution in [-0.2, 0) is 17.7 Å². The predicted molar refractivity (Wildman–Crippen MR) is 106 cm³/mol. The standard InChI is InChI=1S/C19H25FN4OS/c1-21-19(22-7-6-16-3-2-12-26-16)23-14-15-4-5-18(17(20)13-15)24-8-10-25-11-9-24/h2-5,12-13H,6-11,14H2,1H3,(H2,21,22,23). The Morgan fingerprint density at radius 2 is 2.12 bits per heavy atom. The number of rotatable bonds is 6. The first kappa shape index (κ1) is 18.7. The van der Waals surface area contributed by atoms with Gasteiger partial charge in [-0.15, -0.1) is 11.3 Å². The molecule has 0 amide bonds. The molecule has 5 nitrogen and oxygen atoms in total. The van der Waals surface area contributed by atoms with Gasteiger partial charge in [0.05, 0.1) is 18.9 Å². The molecule has 0 bridgehead atoms. The molecular weight excluding hydrogens is 351 g/mol. The third kappa shape index (κ3) is 5.19. The lowest BCUT2D eigenvalue weighted by atomic mass is 10.1.